The summed E-state index contributed by atoms with van der Waals surface area (Å²) in [6, 6.07) is 4.65. The van der Waals surface area contributed by atoms with Gasteiger partial charge in [0.15, 0.2) is 5.75 Å². The first-order valence-electron chi connectivity index (χ1n) is 2.93. The minimum Gasteiger partial charge on any atom is -0.340 e. The van der Waals surface area contributed by atoms with E-state index in [1.807, 2.05) is 0 Å². The molecule has 1 aromatic carbocycles. The van der Waals surface area contributed by atoms with Gasteiger partial charge in [0.2, 0.25) is 0 Å². The molecule has 12 heavy (non-hydrogen) atoms. The van der Waals surface area contributed by atoms with Crippen molar-refractivity contribution >= 4 is 10.1 Å². The fraction of sp³-hybridized carbons (Fsp3) is 0. The Kier molecular flexibility index (Phi) is 2.32. The van der Waals surface area contributed by atoms with Crippen molar-refractivity contribution in [2.75, 3.05) is 0 Å². The minimum atomic E-state index is -4.16. The van der Waals surface area contributed by atoms with Crippen LogP contribution in [0.3, 0.4) is 0 Å². The fourth-order valence-corrected chi connectivity index (χ4v) is 1.15. The first-order valence-corrected chi connectivity index (χ1v) is 4.37. The Morgan fingerprint density at radius 1 is 1.17 bits per heavy atom. The molecule has 0 fully saturated rings. The molecule has 0 radical (unpaired) electrons. The summed E-state index contributed by atoms with van der Waals surface area (Å²) in [5.74, 6) is 0.0994. The molecule has 66 valence electrons. The molecule has 0 bridgehead atoms. The average molecular weight is 190 g/mol. The highest BCUT2D eigenvalue weighted by atomic mass is 32.2. The van der Waals surface area contributed by atoms with Crippen molar-refractivity contribution in [2.24, 2.45) is 0 Å². The molecule has 2 N–H and O–H groups in total. The lowest BCUT2D eigenvalue weighted by atomic mass is 10.3. The van der Waals surface area contributed by atoms with E-state index in [1.54, 1.807) is 0 Å². The van der Waals surface area contributed by atoms with Crippen LogP contribution in [0.4, 0.5) is 0 Å². The molecule has 0 spiro atoms. The van der Waals surface area contributed by atoms with Crippen molar-refractivity contribution in [2.45, 2.75) is 4.90 Å². The van der Waals surface area contributed by atoms with Gasteiger partial charge in [-0.05, 0) is 24.3 Å². The van der Waals surface area contributed by atoms with Gasteiger partial charge in [-0.2, -0.15) is 8.42 Å². The van der Waals surface area contributed by atoms with E-state index in [9.17, 15) is 8.42 Å². The second kappa shape index (κ2) is 3.10. The summed E-state index contributed by atoms with van der Waals surface area (Å²) in [5.41, 5.74) is 0. The van der Waals surface area contributed by atoms with Crippen molar-refractivity contribution in [3.8, 4) is 5.75 Å². The van der Waals surface area contributed by atoms with Crippen LogP contribution in [0.25, 0.3) is 0 Å². The second-order valence-corrected chi connectivity index (χ2v) is 3.46. The highest BCUT2D eigenvalue weighted by Gasteiger charge is 2.08. The van der Waals surface area contributed by atoms with Crippen LogP contribution in [0.1, 0.15) is 0 Å². The smallest absolute Gasteiger partial charge is 0.294 e. The lowest BCUT2D eigenvalue weighted by molar-refractivity contribution is -0.137. The second-order valence-electron chi connectivity index (χ2n) is 2.04. The zero-order valence-electron chi connectivity index (χ0n) is 5.84. The third kappa shape index (κ3) is 1.94. The first-order chi connectivity index (χ1) is 5.54. The quantitative estimate of drug-likeness (QED) is 0.409. The van der Waals surface area contributed by atoms with Crippen molar-refractivity contribution in [3.63, 3.8) is 0 Å². The largest absolute Gasteiger partial charge is 0.340 e. The molecular formula is C6H6O5S. The van der Waals surface area contributed by atoms with Crippen molar-refractivity contribution in [1.82, 2.24) is 0 Å². The van der Waals surface area contributed by atoms with Gasteiger partial charge in [-0.1, -0.05) is 0 Å². The number of benzene rings is 1. The van der Waals surface area contributed by atoms with E-state index >= 15 is 0 Å². The number of hydrogen-bond acceptors (Lipinski definition) is 4. The third-order valence-electron chi connectivity index (χ3n) is 1.23. The van der Waals surface area contributed by atoms with E-state index in [0.29, 0.717) is 0 Å². The number of rotatable bonds is 2. The lowest BCUT2D eigenvalue weighted by Gasteiger charge is -1.97. The van der Waals surface area contributed by atoms with Crippen molar-refractivity contribution in [1.29, 1.82) is 0 Å². The molecular weight excluding hydrogens is 184 g/mol. The van der Waals surface area contributed by atoms with Gasteiger partial charge < -0.3 is 4.89 Å². The zero-order valence-corrected chi connectivity index (χ0v) is 6.65. The van der Waals surface area contributed by atoms with Gasteiger partial charge in [0, 0.05) is 0 Å². The van der Waals surface area contributed by atoms with E-state index in [2.05, 4.69) is 4.89 Å². The van der Waals surface area contributed by atoms with E-state index in [4.69, 9.17) is 9.81 Å². The predicted molar refractivity (Wildman–Crippen MR) is 39.5 cm³/mol. The summed E-state index contributed by atoms with van der Waals surface area (Å²) in [4.78, 5) is 3.56. The molecule has 1 aromatic rings. The van der Waals surface area contributed by atoms with Gasteiger partial charge in [0.25, 0.3) is 10.1 Å². The summed E-state index contributed by atoms with van der Waals surface area (Å²) >= 11 is 0. The Morgan fingerprint density at radius 3 is 2.00 bits per heavy atom. The molecule has 0 saturated carbocycles. The van der Waals surface area contributed by atoms with E-state index in [0.717, 1.165) is 12.1 Å². The molecule has 5 nitrogen and oxygen atoms in total. The van der Waals surface area contributed by atoms with Gasteiger partial charge in [0.05, 0.1) is 4.90 Å². The van der Waals surface area contributed by atoms with Crippen molar-refractivity contribution in [3.05, 3.63) is 24.3 Å². The molecule has 0 aromatic heterocycles. The predicted octanol–water partition coefficient (Wildman–Crippen LogP) is 0.785. The molecule has 0 aliphatic rings. The molecule has 0 amide bonds. The van der Waals surface area contributed by atoms with Crippen LogP contribution in [0.2, 0.25) is 0 Å². The minimum absolute atomic E-state index is 0.0994. The third-order valence-corrected chi connectivity index (χ3v) is 2.09. The normalized spacial score (nSPS) is 11.2. The molecule has 0 heterocycles. The van der Waals surface area contributed by atoms with Crippen LogP contribution in [0.15, 0.2) is 29.2 Å². The summed E-state index contributed by atoms with van der Waals surface area (Å²) < 4.78 is 29.5. The number of hydrogen-bond donors (Lipinski definition) is 2. The zero-order chi connectivity index (χ0) is 9.19. The van der Waals surface area contributed by atoms with Crippen LogP contribution < -0.4 is 4.89 Å². The van der Waals surface area contributed by atoms with E-state index < -0.39 is 10.1 Å². The van der Waals surface area contributed by atoms with Crippen LogP contribution in [0.5, 0.6) is 5.75 Å². The summed E-state index contributed by atoms with van der Waals surface area (Å²) in [6.45, 7) is 0. The molecule has 0 atom stereocenters. The van der Waals surface area contributed by atoms with Gasteiger partial charge in [0.1, 0.15) is 0 Å². The van der Waals surface area contributed by atoms with E-state index in [-0.39, 0.29) is 10.6 Å². The summed E-state index contributed by atoms with van der Waals surface area (Å²) in [7, 11) is -4.16. The standard InChI is InChI=1S/C6H6O5S/c7-11-5-1-3-6(4-2-5)12(8,9)10/h1-4,7H,(H,8,9,10). The maximum Gasteiger partial charge on any atom is 0.294 e. The Bertz CT molecular complexity index is 352. The average Bonchev–Trinajstić information content (AvgIpc) is 2.03. The SMILES string of the molecule is O=S(=O)(O)c1ccc(OO)cc1. The van der Waals surface area contributed by atoms with E-state index in [1.165, 1.54) is 12.1 Å². The molecule has 1 rings (SSSR count). The van der Waals surface area contributed by atoms with Crippen molar-refractivity contribution < 1.29 is 23.1 Å². The fourth-order valence-electron chi connectivity index (χ4n) is 0.672. The molecule has 0 aliphatic heterocycles. The Hall–Kier alpha value is -1.11. The first kappa shape index (κ1) is 8.98. The molecule has 0 unspecified atom stereocenters. The van der Waals surface area contributed by atoms with Crippen LogP contribution >= 0.6 is 0 Å². The van der Waals surface area contributed by atoms with Gasteiger partial charge >= 0.3 is 0 Å². The maximum absolute atomic E-state index is 10.5. The molecule has 0 aliphatic carbocycles. The Balaban J connectivity index is 3.09. The van der Waals surface area contributed by atoms with Crippen LogP contribution in [0, 0.1) is 0 Å². The summed E-state index contributed by atoms with van der Waals surface area (Å²) in [5, 5.41) is 8.12. The molecule has 0 saturated heterocycles. The highest BCUT2D eigenvalue weighted by Crippen LogP contribution is 2.14. The molecule has 6 heteroatoms. The Morgan fingerprint density at radius 2 is 1.67 bits per heavy atom. The lowest BCUT2D eigenvalue weighted by Crippen LogP contribution is -1.97. The summed E-state index contributed by atoms with van der Waals surface area (Å²) in [6.07, 6.45) is 0. The Labute approximate surface area is 68.9 Å². The van der Waals surface area contributed by atoms with Crippen LogP contribution in [-0.2, 0) is 10.1 Å². The monoisotopic (exact) mass is 190 g/mol. The van der Waals surface area contributed by atoms with Gasteiger partial charge in [-0.15, -0.1) is 0 Å². The van der Waals surface area contributed by atoms with Crippen LogP contribution in [-0.4, -0.2) is 18.2 Å². The highest BCUT2D eigenvalue weighted by molar-refractivity contribution is 7.85. The maximum atomic E-state index is 10.5. The topological polar surface area (TPSA) is 83.8 Å². The van der Waals surface area contributed by atoms with Gasteiger partial charge in [-0.25, -0.2) is 5.26 Å². The van der Waals surface area contributed by atoms with Gasteiger partial charge in [-0.3, -0.25) is 4.55 Å².